The maximum Gasteiger partial charge on any atom is 0.421 e. The summed E-state index contributed by atoms with van der Waals surface area (Å²) < 4.78 is 19.5. The molecule has 0 spiro atoms. The second kappa shape index (κ2) is 11.8. The summed E-state index contributed by atoms with van der Waals surface area (Å²) >= 11 is 3.44. The summed E-state index contributed by atoms with van der Waals surface area (Å²) in [6.07, 6.45) is 2.95. The zero-order chi connectivity index (χ0) is 25.5. The molecular weight excluding hydrogens is 502 g/mol. The van der Waals surface area contributed by atoms with Crippen LogP contribution in [0.1, 0.15) is 66.9 Å². The SMILES string of the molecule is CCC[C@H](CN(C(=O)OC(C)(C)C)c1nccn1C(=O)OC(C)(C)C)OCc1ccc(Br)cc1. The molecule has 1 heterocycles. The van der Waals surface area contributed by atoms with Gasteiger partial charge in [0.2, 0.25) is 5.95 Å². The highest BCUT2D eigenvalue weighted by atomic mass is 79.9. The first-order chi connectivity index (χ1) is 15.8. The molecule has 8 nitrogen and oxygen atoms in total. The molecule has 1 aromatic heterocycles. The van der Waals surface area contributed by atoms with E-state index < -0.39 is 23.4 Å². The lowest BCUT2D eigenvalue weighted by molar-refractivity contribution is 0.0304. The summed E-state index contributed by atoms with van der Waals surface area (Å²) in [5.41, 5.74) is -0.408. The highest BCUT2D eigenvalue weighted by molar-refractivity contribution is 9.10. The Morgan fingerprint density at radius 3 is 2.24 bits per heavy atom. The fourth-order valence-corrected chi connectivity index (χ4v) is 3.32. The number of anilines is 1. The van der Waals surface area contributed by atoms with Crippen LogP contribution in [0.3, 0.4) is 0 Å². The molecule has 1 aromatic carbocycles. The molecule has 1 atom stereocenters. The molecule has 0 N–H and O–H groups in total. The third-order valence-electron chi connectivity index (χ3n) is 4.46. The Morgan fingerprint density at radius 1 is 1.06 bits per heavy atom. The van der Waals surface area contributed by atoms with Crippen molar-refractivity contribution < 1.29 is 23.8 Å². The third-order valence-corrected chi connectivity index (χ3v) is 4.99. The van der Waals surface area contributed by atoms with Gasteiger partial charge in [0.05, 0.1) is 19.3 Å². The Hall–Kier alpha value is -2.39. The second-order valence-corrected chi connectivity index (χ2v) is 10.9. The summed E-state index contributed by atoms with van der Waals surface area (Å²) in [7, 11) is 0. The van der Waals surface area contributed by atoms with Crippen LogP contribution in [0.4, 0.5) is 15.5 Å². The zero-order valence-electron chi connectivity index (χ0n) is 21.1. The van der Waals surface area contributed by atoms with Crippen LogP contribution in [0, 0.1) is 0 Å². The van der Waals surface area contributed by atoms with E-state index in [0.29, 0.717) is 13.0 Å². The van der Waals surface area contributed by atoms with Crippen LogP contribution in [-0.4, -0.2) is 45.6 Å². The first-order valence-corrected chi connectivity index (χ1v) is 12.2. The number of benzene rings is 1. The van der Waals surface area contributed by atoms with E-state index in [2.05, 4.69) is 27.8 Å². The minimum absolute atomic E-state index is 0.122. The van der Waals surface area contributed by atoms with E-state index in [1.807, 2.05) is 24.3 Å². The van der Waals surface area contributed by atoms with Gasteiger partial charge in [-0.15, -0.1) is 0 Å². The Labute approximate surface area is 210 Å². The number of halogens is 1. The molecule has 188 valence electrons. The largest absolute Gasteiger partial charge is 0.443 e. The topological polar surface area (TPSA) is 82.9 Å². The van der Waals surface area contributed by atoms with E-state index in [1.54, 1.807) is 41.5 Å². The Bertz CT molecular complexity index is 945. The van der Waals surface area contributed by atoms with E-state index in [4.69, 9.17) is 14.2 Å². The summed E-state index contributed by atoms with van der Waals surface area (Å²) in [5, 5.41) is 0. The van der Waals surface area contributed by atoms with Gasteiger partial charge in [-0.05, 0) is 65.7 Å². The van der Waals surface area contributed by atoms with E-state index in [0.717, 1.165) is 16.5 Å². The van der Waals surface area contributed by atoms with Crippen molar-refractivity contribution in [2.45, 2.75) is 85.2 Å². The molecule has 9 heteroatoms. The van der Waals surface area contributed by atoms with Gasteiger partial charge in [0.25, 0.3) is 0 Å². The van der Waals surface area contributed by atoms with Crippen molar-refractivity contribution in [1.82, 2.24) is 9.55 Å². The first-order valence-electron chi connectivity index (χ1n) is 11.4. The molecule has 0 unspecified atom stereocenters. The van der Waals surface area contributed by atoms with Gasteiger partial charge in [0, 0.05) is 16.9 Å². The van der Waals surface area contributed by atoms with Crippen LogP contribution < -0.4 is 4.90 Å². The van der Waals surface area contributed by atoms with Gasteiger partial charge in [0.15, 0.2) is 0 Å². The molecule has 0 aliphatic carbocycles. The molecule has 0 radical (unpaired) electrons. The van der Waals surface area contributed by atoms with Crippen molar-refractivity contribution in [3.8, 4) is 0 Å². The molecule has 1 amide bonds. The van der Waals surface area contributed by atoms with E-state index in [-0.39, 0.29) is 18.6 Å². The van der Waals surface area contributed by atoms with Crippen molar-refractivity contribution >= 4 is 34.1 Å². The Balaban J connectivity index is 2.30. The average Bonchev–Trinajstić information content (AvgIpc) is 3.18. The van der Waals surface area contributed by atoms with Crippen molar-refractivity contribution in [2.75, 3.05) is 11.4 Å². The van der Waals surface area contributed by atoms with Gasteiger partial charge in [0.1, 0.15) is 11.2 Å². The number of hydrogen-bond acceptors (Lipinski definition) is 6. The molecule has 2 rings (SSSR count). The maximum absolute atomic E-state index is 13.2. The fraction of sp³-hybridized carbons (Fsp3) is 0.560. The lowest BCUT2D eigenvalue weighted by atomic mass is 10.2. The molecule has 0 aliphatic heterocycles. The van der Waals surface area contributed by atoms with Crippen LogP contribution in [0.15, 0.2) is 41.1 Å². The number of hydrogen-bond donors (Lipinski definition) is 0. The normalized spacial score (nSPS) is 12.8. The lowest BCUT2D eigenvalue weighted by Gasteiger charge is -2.30. The monoisotopic (exact) mass is 537 g/mol. The number of carbonyl (C=O) groups excluding carboxylic acids is 2. The van der Waals surface area contributed by atoms with Crippen LogP contribution in [-0.2, 0) is 20.8 Å². The second-order valence-electron chi connectivity index (χ2n) is 10.0. The Kier molecular flexibility index (Phi) is 9.70. The van der Waals surface area contributed by atoms with E-state index in [1.165, 1.54) is 21.9 Å². The smallest absolute Gasteiger partial charge is 0.421 e. The number of nitrogens with zero attached hydrogens (tertiary/aromatic N) is 3. The summed E-state index contributed by atoms with van der Waals surface area (Å²) in [6.45, 7) is 13.3. The van der Waals surface area contributed by atoms with Crippen molar-refractivity contribution in [1.29, 1.82) is 0 Å². The van der Waals surface area contributed by atoms with Gasteiger partial charge in [-0.2, -0.15) is 0 Å². The number of carbonyl (C=O) groups is 2. The minimum Gasteiger partial charge on any atom is -0.443 e. The van der Waals surface area contributed by atoms with Crippen LogP contribution in [0.5, 0.6) is 0 Å². The molecule has 34 heavy (non-hydrogen) atoms. The van der Waals surface area contributed by atoms with Crippen LogP contribution >= 0.6 is 15.9 Å². The number of aromatic nitrogens is 2. The average molecular weight is 538 g/mol. The quantitative estimate of drug-likeness (QED) is 0.379. The van der Waals surface area contributed by atoms with Gasteiger partial charge in [-0.1, -0.05) is 41.4 Å². The Morgan fingerprint density at radius 2 is 1.68 bits per heavy atom. The van der Waals surface area contributed by atoms with Gasteiger partial charge >= 0.3 is 12.2 Å². The maximum atomic E-state index is 13.2. The minimum atomic E-state index is -0.725. The number of rotatable bonds is 8. The highest BCUT2D eigenvalue weighted by Crippen LogP contribution is 2.21. The number of amides is 1. The highest BCUT2D eigenvalue weighted by Gasteiger charge is 2.31. The summed E-state index contributed by atoms with van der Waals surface area (Å²) in [4.78, 5) is 31.6. The predicted octanol–water partition coefficient (Wildman–Crippen LogP) is 6.56. The fourth-order valence-electron chi connectivity index (χ4n) is 3.05. The number of imidazole rings is 1. The molecule has 0 saturated carbocycles. The molecular formula is C25H36BrN3O5. The standard InChI is InChI=1S/C25H36BrN3O5/c1-8-9-20(32-17-18-10-12-19(26)13-11-18)16-29(23(31)34-25(5,6)7)21-27-14-15-28(21)22(30)33-24(2,3)4/h10-15,20H,8-9,16-17H2,1-7H3/t20-/m1/s1. The lowest BCUT2D eigenvalue weighted by Crippen LogP contribution is -2.44. The molecule has 2 aromatic rings. The van der Waals surface area contributed by atoms with Crippen LogP contribution in [0.2, 0.25) is 0 Å². The van der Waals surface area contributed by atoms with Crippen molar-refractivity contribution in [2.24, 2.45) is 0 Å². The first kappa shape index (κ1) is 27.9. The van der Waals surface area contributed by atoms with E-state index in [9.17, 15) is 9.59 Å². The van der Waals surface area contributed by atoms with Crippen LogP contribution in [0.25, 0.3) is 0 Å². The summed E-state index contributed by atoms with van der Waals surface area (Å²) in [6, 6.07) is 7.87. The molecule has 0 saturated heterocycles. The van der Waals surface area contributed by atoms with Gasteiger partial charge in [-0.25, -0.2) is 24.0 Å². The number of ether oxygens (including phenoxy) is 3. The predicted molar refractivity (Wildman–Crippen MR) is 135 cm³/mol. The molecule has 0 aliphatic rings. The van der Waals surface area contributed by atoms with Crippen molar-refractivity contribution in [3.63, 3.8) is 0 Å². The van der Waals surface area contributed by atoms with Gasteiger partial charge < -0.3 is 14.2 Å². The molecule has 0 fully saturated rings. The summed E-state index contributed by atoms with van der Waals surface area (Å²) in [5.74, 6) is 0.122. The molecule has 0 bridgehead atoms. The zero-order valence-corrected chi connectivity index (χ0v) is 22.7. The van der Waals surface area contributed by atoms with E-state index >= 15 is 0 Å². The van der Waals surface area contributed by atoms with Gasteiger partial charge in [-0.3, -0.25) is 0 Å². The third kappa shape index (κ3) is 9.10. The van der Waals surface area contributed by atoms with Crippen molar-refractivity contribution in [3.05, 3.63) is 46.7 Å².